The van der Waals surface area contributed by atoms with Gasteiger partial charge in [0.2, 0.25) is 5.95 Å². The number of aromatic nitrogens is 2. The predicted octanol–water partition coefficient (Wildman–Crippen LogP) is 2.47. The molecule has 0 aromatic carbocycles. The van der Waals surface area contributed by atoms with Crippen molar-refractivity contribution < 1.29 is 0 Å². The average molecular weight is 200 g/mol. The average Bonchev–Trinajstić information content (AvgIpc) is 2.03. The second-order valence-electron chi connectivity index (χ2n) is 3.89. The molecule has 0 radical (unpaired) electrons. The molecule has 1 heterocycles. The molecule has 0 saturated carbocycles. The van der Waals surface area contributed by atoms with Crippen LogP contribution in [0.5, 0.6) is 0 Å². The first-order chi connectivity index (χ1) is 5.95. The number of anilines is 1. The summed E-state index contributed by atoms with van der Waals surface area (Å²) in [6.07, 6.45) is 1.63. The molecular weight excluding hydrogens is 186 g/mol. The molecule has 13 heavy (non-hydrogen) atoms. The van der Waals surface area contributed by atoms with Gasteiger partial charge in [0.25, 0.3) is 0 Å². The largest absolute Gasteiger partial charge is 0.357 e. The van der Waals surface area contributed by atoms with Crippen molar-refractivity contribution >= 4 is 17.5 Å². The van der Waals surface area contributed by atoms with E-state index >= 15 is 0 Å². The van der Waals surface area contributed by atoms with Crippen molar-refractivity contribution in [2.24, 2.45) is 0 Å². The fourth-order valence-corrected chi connectivity index (χ4v) is 1.39. The number of hydrogen-bond acceptors (Lipinski definition) is 3. The smallest absolute Gasteiger partial charge is 0.222 e. The van der Waals surface area contributed by atoms with E-state index in [1.54, 1.807) is 13.2 Å². The lowest BCUT2D eigenvalue weighted by atomic mass is 9.92. The van der Waals surface area contributed by atoms with Gasteiger partial charge >= 0.3 is 0 Å². The van der Waals surface area contributed by atoms with Gasteiger partial charge in [0, 0.05) is 12.5 Å². The van der Waals surface area contributed by atoms with Crippen molar-refractivity contribution in [3.8, 4) is 0 Å². The van der Waals surface area contributed by atoms with E-state index in [1.165, 1.54) is 0 Å². The minimum absolute atomic E-state index is 0.0500. The fraction of sp³-hybridized carbons (Fsp3) is 0.556. The predicted molar refractivity (Wildman–Crippen MR) is 55.3 cm³/mol. The van der Waals surface area contributed by atoms with Gasteiger partial charge in [-0.3, -0.25) is 0 Å². The van der Waals surface area contributed by atoms with Gasteiger partial charge in [-0.2, -0.15) is 0 Å². The van der Waals surface area contributed by atoms with Gasteiger partial charge in [-0.05, 0) is 0 Å². The Kier molecular flexibility index (Phi) is 2.76. The number of nitrogens with zero attached hydrogens (tertiary/aromatic N) is 2. The third-order valence-electron chi connectivity index (χ3n) is 1.68. The van der Waals surface area contributed by atoms with E-state index in [0.717, 1.165) is 5.69 Å². The van der Waals surface area contributed by atoms with E-state index < -0.39 is 0 Å². The zero-order chi connectivity index (χ0) is 10.1. The lowest BCUT2D eigenvalue weighted by molar-refractivity contribution is 0.568. The van der Waals surface area contributed by atoms with Crippen molar-refractivity contribution in [1.29, 1.82) is 0 Å². The summed E-state index contributed by atoms with van der Waals surface area (Å²) in [5.74, 6) is 0.606. The van der Waals surface area contributed by atoms with Crippen LogP contribution in [0, 0.1) is 0 Å². The standard InChI is InChI=1S/C9H14ClN3/c1-9(2,3)7-6(10)5-12-8(11-4)13-7/h5H,1-4H3,(H,11,12,13). The summed E-state index contributed by atoms with van der Waals surface area (Å²) in [6, 6.07) is 0. The Bertz CT molecular complexity index is 304. The molecule has 0 spiro atoms. The van der Waals surface area contributed by atoms with Gasteiger partial charge in [-0.15, -0.1) is 0 Å². The van der Waals surface area contributed by atoms with Gasteiger partial charge in [-0.1, -0.05) is 32.4 Å². The van der Waals surface area contributed by atoms with Gasteiger partial charge in [0.1, 0.15) is 0 Å². The molecule has 0 fully saturated rings. The maximum absolute atomic E-state index is 5.99. The van der Waals surface area contributed by atoms with Crippen molar-refractivity contribution in [3.63, 3.8) is 0 Å². The van der Waals surface area contributed by atoms with E-state index in [1.807, 2.05) is 0 Å². The van der Waals surface area contributed by atoms with E-state index in [0.29, 0.717) is 11.0 Å². The Morgan fingerprint density at radius 1 is 1.38 bits per heavy atom. The molecule has 72 valence electrons. The summed E-state index contributed by atoms with van der Waals surface area (Å²) in [5.41, 5.74) is 0.819. The molecular formula is C9H14ClN3. The molecule has 0 aliphatic rings. The lowest BCUT2D eigenvalue weighted by Crippen LogP contribution is -2.15. The first kappa shape index (κ1) is 10.3. The van der Waals surface area contributed by atoms with E-state index in [-0.39, 0.29) is 5.41 Å². The second-order valence-corrected chi connectivity index (χ2v) is 4.30. The summed E-state index contributed by atoms with van der Waals surface area (Å²) < 4.78 is 0. The molecule has 0 atom stereocenters. The van der Waals surface area contributed by atoms with Crippen LogP contribution in [0.15, 0.2) is 6.20 Å². The van der Waals surface area contributed by atoms with Gasteiger partial charge in [0.05, 0.1) is 16.9 Å². The van der Waals surface area contributed by atoms with E-state index in [2.05, 4.69) is 36.1 Å². The van der Waals surface area contributed by atoms with Gasteiger partial charge in [0.15, 0.2) is 0 Å². The molecule has 1 aromatic rings. The molecule has 0 aliphatic carbocycles. The summed E-state index contributed by atoms with van der Waals surface area (Å²) in [7, 11) is 1.79. The number of rotatable bonds is 1. The van der Waals surface area contributed by atoms with Crippen LogP contribution in [0.3, 0.4) is 0 Å². The Morgan fingerprint density at radius 2 is 2.00 bits per heavy atom. The van der Waals surface area contributed by atoms with E-state index in [9.17, 15) is 0 Å². The first-order valence-electron chi connectivity index (χ1n) is 4.16. The van der Waals surface area contributed by atoms with Crippen LogP contribution in [0.4, 0.5) is 5.95 Å². The normalized spacial score (nSPS) is 11.5. The van der Waals surface area contributed by atoms with Crippen molar-refractivity contribution in [1.82, 2.24) is 9.97 Å². The molecule has 1 aromatic heterocycles. The van der Waals surface area contributed by atoms with Crippen LogP contribution in [0.2, 0.25) is 5.02 Å². The molecule has 4 heteroatoms. The van der Waals surface area contributed by atoms with Crippen LogP contribution in [-0.4, -0.2) is 17.0 Å². The Morgan fingerprint density at radius 3 is 2.46 bits per heavy atom. The van der Waals surface area contributed by atoms with Crippen LogP contribution >= 0.6 is 11.6 Å². The van der Waals surface area contributed by atoms with Crippen LogP contribution < -0.4 is 5.32 Å². The summed E-state index contributed by atoms with van der Waals surface area (Å²) >= 11 is 5.99. The molecule has 0 bridgehead atoms. The zero-order valence-corrected chi connectivity index (χ0v) is 9.11. The minimum Gasteiger partial charge on any atom is -0.357 e. The number of hydrogen-bond donors (Lipinski definition) is 1. The molecule has 0 amide bonds. The monoisotopic (exact) mass is 199 g/mol. The highest BCUT2D eigenvalue weighted by atomic mass is 35.5. The summed E-state index contributed by atoms with van der Waals surface area (Å²) in [4.78, 5) is 8.32. The molecule has 1 rings (SSSR count). The Hall–Kier alpha value is -0.830. The van der Waals surface area contributed by atoms with E-state index in [4.69, 9.17) is 11.6 Å². The topological polar surface area (TPSA) is 37.8 Å². The third-order valence-corrected chi connectivity index (χ3v) is 1.95. The van der Waals surface area contributed by atoms with Crippen molar-refractivity contribution in [3.05, 3.63) is 16.9 Å². The molecule has 0 saturated heterocycles. The third kappa shape index (κ3) is 2.31. The SMILES string of the molecule is CNc1ncc(Cl)c(C(C)(C)C)n1. The highest BCUT2D eigenvalue weighted by Crippen LogP contribution is 2.27. The van der Waals surface area contributed by atoms with Crippen molar-refractivity contribution in [2.75, 3.05) is 12.4 Å². The highest BCUT2D eigenvalue weighted by Gasteiger charge is 2.19. The lowest BCUT2D eigenvalue weighted by Gasteiger charge is -2.19. The molecule has 1 N–H and O–H groups in total. The number of halogens is 1. The van der Waals surface area contributed by atoms with Crippen molar-refractivity contribution in [2.45, 2.75) is 26.2 Å². The molecule has 0 aliphatic heterocycles. The maximum Gasteiger partial charge on any atom is 0.222 e. The zero-order valence-electron chi connectivity index (χ0n) is 8.35. The summed E-state index contributed by atoms with van der Waals surface area (Å²) in [6.45, 7) is 6.21. The maximum atomic E-state index is 5.99. The quantitative estimate of drug-likeness (QED) is 0.755. The van der Waals surface area contributed by atoms with Gasteiger partial charge in [-0.25, -0.2) is 9.97 Å². The van der Waals surface area contributed by atoms with Gasteiger partial charge < -0.3 is 5.32 Å². The molecule has 3 nitrogen and oxygen atoms in total. The van der Waals surface area contributed by atoms with Crippen LogP contribution in [0.1, 0.15) is 26.5 Å². The summed E-state index contributed by atoms with van der Waals surface area (Å²) in [5, 5.41) is 3.50. The van der Waals surface area contributed by atoms with Crippen LogP contribution in [0.25, 0.3) is 0 Å². The Labute approximate surface area is 83.5 Å². The highest BCUT2D eigenvalue weighted by molar-refractivity contribution is 6.31. The second kappa shape index (κ2) is 3.50. The minimum atomic E-state index is -0.0500. The first-order valence-corrected chi connectivity index (χ1v) is 4.53. The fourth-order valence-electron chi connectivity index (χ4n) is 1.01. The molecule has 0 unspecified atom stereocenters. The van der Waals surface area contributed by atoms with Crippen LogP contribution in [-0.2, 0) is 5.41 Å². The number of nitrogens with one attached hydrogen (secondary N) is 1. The Balaban J connectivity index is 3.19.